The van der Waals surface area contributed by atoms with E-state index in [2.05, 4.69) is 5.32 Å². The van der Waals surface area contributed by atoms with Crippen molar-refractivity contribution in [2.75, 3.05) is 39.7 Å². The smallest absolute Gasteiger partial charge is 0.241 e. The Morgan fingerprint density at radius 2 is 1.79 bits per heavy atom. The van der Waals surface area contributed by atoms with Crippen LogP contribution in [-0.4, -0.2) is 51.3 Å². The van der Waals surface area contributed by atoms with Gasteiger partial charge in [0.25, 0.3) is 0 Å². The van der Waals surface area contributed by atoms with Crippen molar-refractivity contribution in [1.29, 1.82) is 0 Å². The van der Waals surface area contributed by atoms with Crippen LogP contribution in [0.25, 0.3) is 0 Å². The quantitative estimate of drug-likeness (QED) is 0.629. The van der Waals surface area contributed by atoms with Gasteiger partial charge < -0.3 is 19.5 Å². The van der Waals surface area contributed by atoms with Crippen molar-refractivity contribution in [3.8, 4) is 17.2 Å². The number of likely N-dealkylation sites (N-methyl/N-ethyl adjacent to an activating group) is 1. The Hall–Kier alpha value is -2.80. The van der Waals surface area contributed by atoms with E-state index < -0.39 is 0 Å². The molecule has 0 saturated heterocycles. The molecule has 0 bridgehead atoms. The highest BCUT2D eigenvalue weighted by atomic mass is 19.1. The summed E-state index contributed by atoms with van der Waals surface area (Å²) in [6, 6.07) is 10.8. The van der Waals surface area contributed by atoms with Crippen LogP contribution in [0.3, 0.4) is 0 Å². The molecule has 1 unspecified atom stereocenters. The van der Waals surface area contributed by atoms with Crippen LogP contribution >= 0.6 is 0 Å². The van der Waals surface area contributed by atoms with Gasteiger partial charge in [-0.2, -0.15) is 0 Å². The molecule has 1 atom stereocenters. The van der Waals surface area contributed by atoms with Crippen LogP contribution in [0.1, 0.15) is 13.3 Å². The standard InChI is InChI=1S/C21H27FN2O4/c1-15(21(25)23-17-8-11-19(26-3)20(14-17)27-4)24(2)12-5-13-28-18-9-6-16(22)7-10-18/h6-11,14-15H,5,12-13H2,1-4H3,(H,23,25). The van der Waals surface area contributed by atoms with Crippen molar-refractivity contribution < 1.29 is 23.4 Å². The number of hydrogen-bond acceptors (Lipinski definition) is 5. The molecule has 2 aromatic rings. The van der Waals surface area contributed by atoms with Crippen LogP contribution in [-0.2, 0) is 4.79 Å². The zero-order chi connectivity index (χ0) is 20.5. The number of carbonyl (C=O) groups is 1. The van der Waals surface area contributed by atoms with Crippen molar-refractivity contribution in [2.24, 2.45) is 0 Å². The van der Waals surface area contributed by atoms with E-state index in [0.29, 0.717) is 36.1 Å². The first-order valence-electron chi connectivity index (χ1n) is 9.06. The number of methoxy groups -OCH3 is 2. The summed E-state index contributed by atoms with van der Waals surface area (Å²) in [6.07, 6.45) is 0.738. The Morgan fingerprint density at radius 1 is 1.11 bits per heavy atom. The van der Waals surface area contributed by atoms with Gasteiger partial charge in [0, 0.05) is 18.3 Å². The molecule has 1 amide bonds. The molecule has 0 spiro atoms. The number of nitrogens with one attached hydrogen (secondary N) is 1. The first-order valence-corrected chi connectivity index (χ1v) is 9.06. The maximum atomic E-state index is 12.9. The van der Waals surface area contributed by atoms with Crippen LogP contribution in [0, 0.1) is 5.82 Å². The SMILES string of the molecule is COc1ccc(NC(=O)C(C)N(C)CCCOc2ccc(F)cc2)cc1OC. The molecule has 6 nitrogen and oxygen atoms in total. The molecule has 7 heteroatoms. The first kappa shape index (κ1) is 21.5. The van der Waals surface area contributed by atoms with E-state index in [-0.39, 0.29) is 17.8 Å². The molecule has 152 valence electrons. The van der Waals surface area contributed by atoms with Gasteiger partial charge >= 0.3 is 0 Å². The maximum Gasteiger partial charge on any atom is 0.241 e. The van der Waals surface area contributed by atoms with Crippen molar-refractivity contribution >= 4 is 11.6 Å². The number of hydrogen-bond donors (Lipinski definition) is 1. The topological polar surface area (TPSA) is 60.0 Å². The molecule has 2 aromatic carbocycles. The highest BCUT2D eigenvalue weighted by Crippen LogP contribution is 2.29. The van der Waals surface area contributed by atoms with Gasteiger partial charge in [0.2, 0.25) is 5.91 Å². The van der Waals surface area contributed by atoms with Gasteiger partial charge in [0.15, 0.2) is 11.5 Å². The molecule has 0 aromatic heterocycles. The number of amides is 1. The van der Waals surface area contributed by atoms with Crippen molar-refractivity contribution in [1.82, 2.24) is 4.90 Å². The Labute approximate surface area is 165 Å². The van der Waals surface area contributed by atoms with E-state index in [1.54, 1.807) is 44.6 Å². The average Bonchev–Trinajstić information content (AvgIpc) is 2.71. The molecular weight excluding hydrogens is 363 g/mol. The molecule has 0 fully saturated rings. The summed E-state index contributed by atoms with van der Waals surface area (Å²) in [5.74, 6) is 1.38. The number of rotatable bonds is 10. The maximum absolute atomic E-state index is 12.9. The Kier molecular flexibility index (Phi) is 8.07. The zero-order valence-corrected chi connectivity index (χ0v) is 16.7. The summed E-state index contributed by atoms with van der Waals surface area (Å²) in [5.41, 5.74) is 0.641. The van der Waals surface area contributed by atoms with Crippen molar-refractivity contribution in [2.45, 2.75) is 19.4 Å². The average molecular weight is 390 g/mol. The molecule has 0 heterocycles. The van der Waals surface area contributed by atoms with Crippen LogP contribution in [0.15, 0.2) is 42.5 Å². The summed E-state index contributed by atoms with van der Waals surface area (Å²) < 4.78 is 28.9. The van der Waals surface area contributed by atoms with Crippen LogP contribution in [0.2, 0.25) is 0 Å². The lowest BCUT2D eigenvalue weighted by atomic mass is 10.2. The Morgan fingerprint density at radius 3 is 2.43 bits per heavy atom. The molecule has 0 aliphatic rings. The van der Waals surface area contributed by atoms with Gasteiger partial charge in [-0.25, -0.2) is 4.39 Å². The molecule has 1 N–H and O–H groups in total. The number of carbonyl (C=O) groups excluding carboxylic acids is 1. The highest BCUT2D eigenvalue weighted by Gasteiger charge is 2.18. The van der Waals surface area contributed by atoms with E-state index >= 15 is 0 Å². The Balaban J connectivity index is 1.79. The predicted molar refractivity (Wildman–Crippen MR) is 107 cm³/mol. The number of nitrogens with zero attached hydrogens (tertiary/aromatic N) is 1. The minimum Gasteiger partial charge on any atom is -0.494 e. The number of benzene rings is 2. The number of ether oxygens (including phenoxy) is 3. The summed E-state index contributed by atoms with van der Waals surface area (Å²) >= 11 is 0. The minimum absolute atomic E-state index is 0.117. The van der Waals surface area contributed by atoms with Crippen molar-refractivity contribution in [3.05, 3.63) is 48.3 Å². The summed E-state index contributed by atoms with van der Waals surface area (Å²) in [4.78, 5) is 14.5. The van der Waals surface area contributed by atoms with E-state index in [4.69, 9.17) is 14.2 Å². The molecule has 0 aliphatic heterocycles. The molecule has 0 aliphatic carbocycles. The van der Waals surface area contributed by atoms with Crippen LogP contribution in [0.4, 0.5) is 10.1 Å². The third-order valence-electron chi connectivity index (χ3n) is 4.43. The fourth-order valence-electron chi connectivity index (χ4n) is 2.59. The number of anilines is 1. The van der Waals surface area contributed by atoms with E-state index in [1.165, 1.54) is 12.1 Å². The van der Waals surface area contributed by atoms with E-state index in [1.807, 2.05) is 18.9 Å². The van der Waals surface area contributed by atoms with Gasteiger partial charge in [-0.05, 0) is 56.8 Å². The van der Waals surface area contributed by atoms with E-state index in [0.717, 1.165) is 6.42 Å². The van der Waals surface area contributed by atoms with E-state index in [9.17, 15) is 9.18 Å². The number of halogens is 1. The normalized spacial score (nSPS) is 11.8. The third kappa shape index (κ3) is 6.13. The third-order valence-corrected chi connectivity index (χ3v) is 4.43. The highest BCUT2D eigenvalue weighted by molar-refractivity contribution is 5.94. The molecule has 2 rings (SSSR count). The van der Waals surface area contributed by atoms with Gasteiger partial charge in [0.05, 0.1) is 26.9 Å². The van der Waals surface area contributed by atoms with Gasteiger partial charge in [-0.3, -0.25) is 9.69 Å². The van der Waals surface area contributed by atoms with Gasteiger partial charge in [0.1, 0.15) is 11.6 Å². The minimum atomic E-state index is -0.320. The fourth-order valence-corrected chi connectivity index (χ4v) is 2.59. The molecule has 28 heavy (non-hydrogen) atoms. The lowest BCUT2D eigenvalue weighted by Crippen LogP contribution is -2.40. The predicted octanol–water partition coefficient (Wildman–Crippen LogP) is 3.57. The lowest BCUT2D eigenvalue weighted by molar-refractivity contribution is -0.120. The molecular formula is C21H27FN2O4. The second kappa shape index (κ2) is 10.5. The zero-order valence-electron chi connectivity index (χ0n) is 16.7. The van der Waals surface area contributed by atoms with Gasteiger partial charge in [-0.15, -0.1) is 0 Å². The van der Waals surface area contributed by atoms with Crippen molar-refractivity contribution in [3.63, 3.8) is 0 Å². The van der Waals surface area contributed by atoms with Crippen LogP contribution in [0.5, 0.6) is 17.2 Å². The summed E-state index contributed by atoms with van der Waals surface area (Å²) in [6.45, 7) is 3.01. The van der Waals surface area contributed by atoms with Crippen LogP contribution < -0.4 is 19.5 Å². The monoisotopic (exact) mass is 390 g/mol. The largest absolute Gasteiger partial charge is 0.494 e. The summed E-state index contributed by atoms with van der Waals surface area (Å²) in [5, 5.41) is 2.89. The second-order valence-corrected chi connectivity index (χ2v) is 6.37. The lowest BCUT2D eigenvalue weighted by Gasteiger charge is -2.24. The molecule has 0 radical (unpaired) electrons. The molecule has 0 saturated carbocycles. The van der Waals surface area contributed by atoms with Gasteiger partial charge in [-0.1, -0.05) is 0 Å². The first-order chi connectivity index (χ1) is 13.4. The fraction of sp³-hybridized carbons (Fsp3) is 0.381. The second-order valence-electron chi connectivity index (χ2n) is 6.37. The Bertz CT molecular complexity index is 768. The summed E-state index contributed by atoms with van der Waals surface area (Å²) in [7, 11) is 5.00.